The van der Waals surface area contributed by atoms with Gasteiger partial charge in [-0.3, -0.25) is 4.79 Å². The molecule has 1 aliphatic rings. The summed E-state index contributed by atoms with van der Waals surface area (Å²) < 4.78 is 19.4. The van der Waals surface area contributed by atoms with Gasteiger partial charge >= 0.3 is 0 Å². The molecule has 0 fully saturated rings. The van der Waals surface area contributed by atoms with Crippen molar-refractivity contribution in [3.05, 3.63) is 40.9 Å². The molecule has 6 nitrogen and oxygen atoms in total. The lowest BCUT2D eigenvalue weighted by Gasteiger charge is -2.09. The van der Waals surface area contributed by atoms with E-state index in [4.69, 9.17) is 10.2 Å². The van der Waals surface area contributed by atoms with Gasteiger partial charge in [-0.05, 0) is 36.7 Å². The van der Waals surface area contributed by atoms with Crippen LogP contribution in [0.15, 0.2) is 22.6 Å². The Morgan fingerprint density at radius 3 is 3.00 bits per heavy atom. The zero-order valence-electron chi connectivity index (χ0n) is 11.6. The Bertz CT molecular complexity index is 873. The molecular weight excluding hydrogens is 287 g/mol. The highest BCUT2D eigenvalue weighted by Gasteiger charge is 2.19. The summed E-state index contributed by atoms with van der Waals surface area (Å²) in [6.45, 7) is 1.58. The molecule has 0 saturated heterocycles. The molecule has 0 aliphatic carbocycles. The third-order valence-corrected chi connectivity index (χ3v) is 3.80. The highest BCUT2D eigenvalue weighted by Crippen LogP contribution is 2.28. The molecule has 0 saturated carbocycles. The summed E-state index contributed by atoms with van der Waals surface area (Å²) in [5.41, 5.74) is 7.23. The minimum Gasteiger partial charge on any atom is -0.456 e. The molecule has 112 valence electrons. The van der Waals surface area contributed by atoms with Crippen LogP contribution in [0.5, 0.6) is 0 Å². The van der Waals surface area contributed by atoms with Crippen LogP contribution in [0.4, 0.5) is 4.39 Å². The first-order valence-electron chi connectivity index (χ1n) is 6.93. The smallest absolute Gasteiger partial charge is 0.251 e. The number of halogens is 1. The Labute approximate surface area is 124 Å². The summed E-state index contributed by atoms with van der Waals surface area (Å²) >= 11 is 0. The lowest BCUT2D eigenvalue weighted by Crippen LogP contribution is -2.22. The quantitative estimate of drug-likeness (QED) is 0.671. The van der Waals surface area contributed by atoms with Crippen LogP contribution in [0.1, 0.15) is 21.7 Å². The van der Waals surface area contributed by atoms with Gasteiger partial charge in [0.15, 0.2) is 11.6 Å². The lowest BCUT2D eigenvalue weighted by molar-refractivity contribution is 0.100. The number of nitrogens with two attached hydrogens (primary N) is 1. The fraction of sp³-hybridized carbons (Fsp3) is 0.200. The number of hydrogen-bond donors (Lipinski definition) is 3. The molecule has 2 aromatic heterocycles. The number of furan rings is 1. The van der Waals surface area contributed by atoms with Gasteiger partial charge in [0, 0.05) is 0 Å². The van der Waals surface area contributed by atoms with Gasteiger partial charge in [0.2, 0.25) is 0 Å². The van der Waals surface area contributed by atoms with Crippen molar-refractivity contribution in [2.75, 3.05) is 6.54 Å². The average Bonchev–Trinajstić information content (AvgIpc) is 3.09. The number of nitrogens with zero attached hydrogens (tertiary/aromatic N) is 1. The van der Waals surface area contributed by atoms with Crippen molar-refractivity contribution in [1.29, 1.82) is 0 Å². The zero-order valence-corrected chi connectivity index (χ0v) is 11.6. The number of rotatable bonds is 2. The first kappa shape index (κ1) is 13.0. The van der Waals surface area contributed by atoms with Crippen molar-refractivity contribution in [2.24, 2.45) is 5.73 Å². The molecular formula is C15H13FN4O2. The maximum atomic E-state index is 13.6. The Hall–Kier alpha value is -2.67. The van der Waals surface area contributed by atoms with Crippen LogP contribution >= 0.6 is 0 Å². The Morgan fingerprint density at radius 2 is 2.23 bits per heavy atom. The molecule has 0 spiro atoms. The molecule has 0 bridgehead atoms. The number of nitrogens with one attached hydrogen (secondary N) is 2. The summed E-state index contributed by atoms with van der Waals surface area (Å²) in [6, 6.07) is 4.29. The van der Waals surface area contributed by atoms with Crippen LogP contribution in [-0.2, 0) is 13.0 Å². The molecule has 1 aromatic carbocycles. The Kier molecular flexibility index (Phi) is 2.77. The van der Waals surface area contributed by atoms with Crippen LogP contribution in [0, 0.1) is 5.82 Å². The number of fused-ring (bicyclic) bond motifs is 2. The molecule has 1 aliphatic heterocycles. The van der Waals surface area contributed by atoms with Gasteiger partial charge < -0.3 is 20.5 Å². The molecule has 4 rings (SSSR count). The number of carbonyl (C=O) groups is 1. The van der Waals surface area contributed by atoms with E-state index in [9.17, 15) is 9.18 Å². The van der Waals surface area contributed by atoms with E-state index >= 15 is 0 Å². The maximum absolute atomic E-state index is 13.6. The third-order valence-electron chi connectivity index (χ3n) is 3.80. The molecule has 0 atom stereocenters. The van der Waals surface area contributed by atoms with Gasteiger partial charge in [-0.25, -0.2) is 9.37 Å². The maximum Gasteiger partial charge on any atom is 0.251 e. The summed E-state index contributed by atoms with van der Waals surface area (Å²) in [5, 5.41) is 3.23. The van der Waals surface area contributed by atoms with Crippen molar-refractivity contribution in [3.63, 3.8) is 0 Å². The minimum absolute atomic E-state index is 0.0514. The summed E-state index contributed by atoms with van der Waals surface area (Å²) in [5.74, 6) is 0.645. The van der Waals surface area contributed by atoms with E-state index in [1.54, 1.807) is 0 Å². The highest BCUT2D eigenvalue weighted by atomic mass is 19.1. The van der Waals surface area contributed by atoms with E-state index in [1.165, 1.54) is 6.07 Å². The van der Waals surface area contributed by atoms with E-state index in [0.29, 0.717) is 29.2 Å². The molecule has 0 unspecified atom stereocenters. The first-order chi connectivity index (χ1) is 10.6. The molecule has 0 radical (unpaired) electrons. The van der Waals surface area contributed by atoms with E-state index in [2.05, 4.69) is 15.3 Å². The van der Waals surface area contributed by atoms with E-state index < -0.39 is 11.7 Å². The van der Waals surface area contributed by atoms with Gasteiger partial charge in [-0.1, -0.05) is 0 Å². The van der Waals surface area contributed by atoms with Gasteiger partial charge in [0.25, 0.3) is 5.91 Å². The number of aromatic nitrogens is 2. The van der Waals surface area contributed by atoms with Gasteiger partial charge in [-0.2, -0.15) is 0 Å². The average molecular weight is 300 g/mol. The largest absolute Gasteiger partial charge is 0.456 e. The van der Waals surface area contributed by atoms with Crippen LogP contribution in [0.2, 0.25) is 0 Å². The molecule has 3 aromatic rings. The molecule has 4 N–H and O–H groups in total. The number of hydrogen-bond acceptors (Lipinski definition) is 4. The number of amides is 1. The molecule has 1 amide bonds. The van der Waals surface area contributed by atoms with Crippen LogP contribution in [-0.4, -0.2) is 22.4 Å². The second-order valence-electron chi connectivity index (χ2n) is 5.29. The Balaban J connectivity index is 1.87. The highest BCUT2D eigenvalue weighted by molar-refractivity contribution is 6.04. The normalized spacial score (nSPS) is 14.2. The molecule has 3 heterocycles. The van der Waals surface area contributed by atoms with Crippen LogP contribution < -0.4 is 11.1 Å². The van der Waals surface area contributed by atoms with Gasteiger partial charge in [-0.15, -0.1) is 0 Å². The lowest BCUT2D eigenvalue weighted by atomic mass is 10.1. The molecule has 22 heavy (non-hydrogen) atoms. The van der Waals surface area contributed by atoms with Gasteiger partial charge in [0.1, 0.15) is 17.1 Å². The second-order valence-corrected chi connectivity index (χ2v) is 5.29. The number of aromatic amines is 1. The summed E-state index contributed by atoms with van der Waals surface area (Å²) in [4.78, 5) is 18.8. The number of primary amides is 1. The van der Waals surface area contributed by atoms with Crippen molar-refractivity contribution in [3.8, 4) is 11.6 Å². The fourth-order valence-corrected chi connectivity index (χ4v) is 2.76. The SMILES string of the molecule is NC(=O)c1cc(F)cc2[nH]c(-c3cc4c(o3)CNCC4)nc12. The van der Waals surface area contributed by atoms with E-state index in [-0.39, 0.29) is 5.56 Å². The van der Waals surface area contributed by atoms with Crippen molar-refractivity contribution in [1.82, 2.24) is 15.3 Å². The fourth-order valence-electron chi connectivity index (χ4n) is 2.76. The summed E-state index contributed by atoms with van der Waals surface area (Å²) in [7, 11) is 0. The number of carbonyl (C=O) groups excluding carboxylic acids is 1. The molecule has 7 heteroatoms. The van der Waals surface area contributed by atoms with E-state index in [1.807, 2.05) is 6.07 Å². The summed E-state index contributed by atoms with van der Waals surface area (Å²) in [6.07, 6.45) is 0.889. The third kappa shape index (κ3) is 1.98. The number of benzene rings is 1. The predicted octanol–water partition coefficient (Wildman–Crippen LogP) is 1.71. The van der Waals surface area contributed by atoms with Crippen molar-refractivity contribution < 1.29 is 13.6 Å². The number of H-pyrrole nitrogens is 1. The van der Waals surface area contributed by atoms with E-state index in [0.717, 1.165) is 30.4 Å². The zero-order chi connectivity index (χ0) is 15.3. The second kappa shape index (κ2) is 4.67. The van der Waals surface area contributed by atoms with Crippen molar-refractivity contribution in [2.45, 2.75) is 13.0 Å². The predicted molar refractivity (Wildman–Crippen MR) is 77.7 cm³/mol. The van der Waals surface area contributed by atoms with Crippen LogP contribution in [0.3, 0.4) is 0 Å². The Morgan fingerprint density at radius 1 is 1.36 bits per heavy atom. The first-order valence-corrected chi connectivity index (χ1v) is 6.93. The topological polar surface area (TPSA) is 96.9 Å². The number of imidazole rings is 1. The minimum atomic E-state index is -0.717. The standard InChI is InChI=1S/C15H13FN4O2/c16-8-4-9(14(17)21)13-10(5-8)19-15(20-13)11-3-7-1-2-18-6-12(7)22-11/h3-5,18H,1-2,6H2,(H2,17,21)(H,19,20). The van der Waals surface area contributed by atoms with Crippen LogP contribution in [0.25, 0.3) is 22.6 Å². The monoisotopic (exact) mass is 300 g/mol. The van der Waals surface area contributed by atoms with Gasteiger partial charge in [0.05, 0.1) is 17.6 Å². The van der Waals surface area contributed by atoms with Crippen molar-refractivity contribution >= 4 is 16.9 Å².